The molecule has 0 radical (unpaired) electrons. The van der Waals surface area contributed by atoms with Gasteiger partial charge in [-0.2, -0.15) is 0 Å². The summed E-state index contributed by atoms with van der Waals surface area (Å²) in [5.74, 6) is 0.897. The molecule has 1 saturated heterocycles. The van der Waals surface area contributed by atoms with Crippen LogP contribution in [0.4, 0.5) is 0 Å². The Morgan fingerprint density at radius 1 is 1.23 bits per heavy atom. The van der Waals surface area contributed by atoms with E-state index < -0.39 is 0 Å². The number of amides is 1. The Kier molecular flexibility index (Phi) is 11.2. The van der Waals surface area contributed by atoms with Crippen molar-refractivity contribution in [2.24, 2.45) is 11.1 Å². The summed E-state index contributed by atoms with van der Waals surface area (Å²) in [6, 6.07) is 7.47. The number of carbonyl (C=O) groups is 1. The summed E-state index contributed by atoms with van der Waals surface area (Å²) in [5, 5.41) is 0. The van der Waals surface area contributed by atoms with E-state index in [9.17, 15) is 4.79 Å². The monoisotopic (exact) mass is 405 g/mol. The second-order valence-electron chi connectivity index (χ2n) is 6.89. The molecule has 7 heteroatoms. The fraction of sp³-hybridized carbons (Fsp3) is 0.632. The number of likely N-dealkylation sites (N-methyl/N-ethyl adjacent to an activating group) is 1. The predicted octanol–water partition coefficient (Wildman–Crippen LogP) is 3.06. The maximum atomic E-state index is 12.6. The SMILES string of the molecule is CCN(CC)CCOc1ccc(C(=O)N2CCC(C)(CN)C2)cc1.Cl.Cl. The summed E-state index contributed by atoms with van der Waals surface area (Å²) in [4.78, 5) is 16.8. The quantitative estimate of drug-likeness (QED) is 0.721. The number of nitrogens with two attached hydrogens (primary N) is 1. The van der Waals surface area contributed by atoms with Crippen molar-refractivity contribution in [3.63, 3.8) is 0 Å². The van der Waals surface area contributed by atoms with E-state index in [2.05, 4.69) is 25.7 Å². The molecule has 1 fully saturated rings. The van der Waals surface area contributed by atoms with E-state index in [1.807, 2.05) is 29.2 Å². The Morgan fingerprint density at radius 2 is 1.85 bits per heavy atom. The van der Waals surface area contributed by atoms with Gasteiger partial charge in [0.15, 0.2) is 0 Å². The van der Waals surface area contributed by atoms with Gasteiger partial charge in [-0.15, -0.1) is 24.8 Å². The van der Waals surface area contributed by atoms with Crippen LogP contribution in [0.25, 0.3) is 0 Å². The van der Waals surface area contributed by atoms with Crippen molar-refractivity contribution >= 4 is 30.7 Å². The zero-order chi connectivity index (χ0) is 17.6. The first kappa shape index (κ1) is 25.0. The van der Waals surface area contributed by atoms with Crippen LogP contribution in [0.2, 0.25) is 0 Å². The Bertz CT molecular complexity index is 538. The van der Waals surface area contributed by atoms with E-state index in [-0.39, 0.29) is 36.1 Å². The summed E-state index contributed by atoms with van der Waals surface area (Å²) in [7, 11) is 0. The molecule has 1 aromatic rings. The van der Waals surface area contributed by atoms with Crippen molar-refractivity contribution in [3.8, 4) is 5.75 Å². The molecule has 0 aromatic heterocycles. The van der Waals surface area contributed by atoms with E-state index in [0.29, 0.717) is 18.7 Å². The second kappa shape index (κ2) is 11.7. The fourth-order valence-corrected chi connectivity index (χ4v) is 3.07. The van der Waals surface area contributed by atoms with Gasteiger partial charge >= 0.3 is 0 Å². The molecule has 1 aromatic carbocycles. The molecule has 1 aliphatic heterocycles. The van der Waals surface area contributed by atoms with Crippen LogP contribution in [-0.4, -0.2) is 61.6 Å². The van der Waals surface area contributed by atoms with E-state index >= 15 is 0 Å². The van der Waals surface area contributed by atoms with Gasteiger partial charge in [0.1, 0.15) is 12.4 Å². The standard InChI is InChI=1S/C19H31N3O2.2ClH/c1-4-21(5-2)12-13-24-17-8-6-16(7-9-17)18(23)22-11-10-19(3,14-20)15-22;;/h6-9H,4-5,10-15,20H2,1-3H3;2*1H. The molecule has 0 spiro atoms. The molecule has 0 saturated carbocycles. The van der Waals surface area contributed by atoms with Gasteiger partial charge in [-0.1, -0.05) is 20.8 Å². The number of carbonyl (C=O) groups excluding carboxylic acids is 1. The van der Waals surface area contributed by atoms with Crippen LogP contribution in [0.5, 0.6) is 5.75 Å². The number of halogens is 2. The molecule has 150 valence electrons. The highest BCUT2D eigenvalue weighted by Crippen LogP contribution is 2.29. The maximum absolute atomic E-state index is 12.6. The average molecular weight is 406 g/mol. The van der Waals surface area contributed by atoms with Gasteiger partial charge in [-0.3, -0.25) is 4.79 Å². The zero-order valence-electron chi connectivity index (χ0n) is 16.1. The van der Waals surface area contributed by atoms with Crippen LogP contribution in [-0.2, 0) is 0 Å². The second-order valence-corrected chi connectivity index (χ2v) is 6.89. The minimum Gasteiger partial charge on any atom is -0.492 e. The van der Waals surface area contributed by atoms with Crippen molar-refractivity contribution in [2.75, 3.05) is 45.9 Å². The topological polar surface area (TPSA) is 58.8 Å². The number of nitrogens with zero attached hydrogens (tertiary/aromatic N) is 2. The van der Waals surface area contributed by atoms with Crippen LogP contribution >= 0.6 is 24.8 Å². The summed E-state index contributed by atoms with van der Waals surface area (Å²) in [6.45, 7) is 12.2. The largest absolute Gasteiger partial charge is 0.492 e. The lowest BCUT2D eigenvalue weighted by molar-refractivity contribution is 0.0777. The summed E-state index contributed by atoms with van der Waals surface area (Å²) < 4.78 is 5.77. The smallest absolute Gasteiger partial charge is 0.253 e. The molecule has 5 nitrogen and oxygen atoms in total. The van der Waals surface area contributed by atoms with E-state index in [0.717, 1.165) is 44.9 Å². The van der Waals surface area contributed by atoms with Gasteiger partial charge in [-0.25, -0.2) is 0 Å². The van der Waals surface area contributed by atoms with Crippen LogP contribution in [0, 0.1) is 5.41 Å². The lowest BCUT2D eigenvalue weighted by Crippen LogP contribution is -2.34. The Hall–Kier alpha value is -1.01. The third-order valence-corrected chi connectivity index (χ3v) is 5.01. The van der Waals surface area contributed by atoms with Gasteiger partial charge in [0.25, 0.3) is 5.91 Å². The molecular formula is C19H33Cl2N3O2. The lowest BCUT2D eigenvalue weighted by Gasteiger charge is -2.22. The third-order valence-electron chi connectivity index (χ3n) is 5.01. The highest BCUT2D eigenvalue weighted by atomic mass is 35.5. The predicted molar refractivity (Wildman–Crippen MR) is 112 cm³/mol. The molecule has 2 N–H and O–H groups in total. The first-order valence-corrected chi connectivity index (χ1v) is 8.96. The first-order chi connectivity index (χ1) is 11.5. The zero-order valence-corrected chi connectivity index (χ0v) is 17.7. The molecule has 1 unspecified atom stereocenters. The molecule has 26 heavy (non-hydrogen) atoms. The number of ether oxygens (including phenoxy) is 1. The molecule has 1 amide bonds. The van der Waals surface area contributed by atoms with Crippen LogP contribution in [0.3, 0.4) is 0 Å². The van der Waals surface area contributed by atoms with Gasteiger partial charge in [-0.05, 0) is 55.7 Å². The van der Waals surface area contributed by atoms with Crippen molar-refractivity contribution in [1.29, 1.82) is 0 Å². The molecule has 1 heterocycles. The number of hydrogen-bond donors (Lipinski definition) is 1. The van der Waals surface area contributed by atoms with Crippen molar-refractivity contribution < 1.29 is 9.53 Å². The minimum absolute atomic E-state index is 0. The summed E-state index contributed by atoms with van der Waals surface area (Å²) in [6.07, 6.45) is 0.974. The Labute approximate surface area is 170 Å². The molecule has 0 aliphatic carbocycles. The molecular weight excluding hydrogens is 373 g/mol. The number of rotatable bonds is 8. The van der Waals surface area contributed by atoms with Gasteiger partial charge < -0.3 is 20.3 Å². The van der Waals surface area contributed by atoms with Crippen LogP contribution in [0.1, 0.15) is 37.6 Å². The van der Waals surface area contributed by atoms with E-state index in [4.69, 9.17) is 10.5 Å². The highest BCUT2D eigenvalue weighted by molar-refractivity contribution is 5.94. The van der Waals surface area contributed by atoms with Crippen LogP contribution < -0.4 is 10.5 Å². The van der Waals surface area contributed by atoms with Crippen molar-refractivity contribution in [1.82, 2.24) is 9.80 Å². The molecule has 1 atom stereocenters. The maximum Gasteiger partial charge on any atom is 0.253 e. The number of hydrogen-bond acceptors (Lipinski definition) is 4. The van der Waals surface area contributed by atoms with E-state index in [1.54, 1.807) is 0 Å². The first-order valence-electron chi connectivity index (χ1n) is 8.96. The van der Waals surface area contributed by atoms with Gasteiger partial charge in [0.05, 0.1) is 0 Å². The van der Waals surface area contributed by atoms with Gasteiger partial charge in [0.2, 0.25) is 0 Å². The normalized spacial score (nSPS) is 19.0. The minimum atomic E-state index is 0. The van der Waals surface area contributed by atoms with Crippen LogP contribution in [0.15, 0.2) is 24.3 Å². The van der Waals surface area contributed by atoms with E-state index in [1.165, 1.54) is 0 Å². The number of benzene rings is 1. The Morgan fingerprint density at radius 3 is 2.35 bits per heavy atom. The highest BCUT2D eigenvalue weighted by Gasteiger charge is 2.35. The molecule has 0 bridgehead atoms. The fourth-order valence-electron chi connectivity index (χ4n) is 3.07. The Balaban J connectivity index is 0.00000312. The van der Waals surface area contributed by atoms with Crippen molar-refractivity contribution in [2.45, 2.75) is 27.2 Å². The summed E-state index contributed by atoms with van der Waals surface area (Å²) in [5.41, 5.74) is 6.59. The average Bonchev–Trinajstić information content (AvgIpc) is 3.02. The number of likely N-dealkylation sites (tertiary alicyclic amines) is 1. The van der Waals surface area contributed by atoms with Crippen molar-refractivity contribution in [3.05, 3.63) is 29.8 Å². The lowest BCUT2D eigenvalue weighted by atomic mass is 9.90. The molecule has 2 rings (SSSR count). The third kappa shape index (κ3) is 6.62. The molecule has 1 aliphatic rings. The summed E-state index contributed by atoms with van der Waals surface area (Å²) >= 11 is 0. The van der Waals surface area contributed by atoms with Gasteiger partial charge in [0, 0.05) is 25.2 Å².